The second kappa shape index (κ2) is 8.51. The van der Waals surface area contributed by atoms with Gasteiger partial charge in [0.05, 0.1) is 6.54 Å². The summed E-state index contributed by atoms with van der Waals surface area (Å²) in [7, 11) is 1.61. The molecule has 0 aliphatic rings. The number of hydrogen-bond donors (Lipinski definition) is 0. The molecule has 0 unspecified atom stereocenters. The lowest BCUT2D eigenvalue weighted by Gasteiger charge is -2.18. The van der Waals surface area contributed by atoms with E-state index in [1.807, 2.05) is 18.2 Å². The molecule has 22 heavy (non-hydrogen) atoms. The summed E-state index contributed by atoms with van der Waals surface area (Å²) in [5.41, 5.74) is 1.20. The lowest BCUT2D eigenvalue weighted by Crippen LogP contribution is -2.28. The summed E-state index contributed by atoms with van der Waals surface area (Å²) in [5.74, 6) is 2.07. The van der Waals surface area contributed by atoms with Crippen molar-refractivity contribution >= 4 is 0 Å². The highest BCUT2D eigenvalue weighted by molar-refractivity contribution is 5.27. The maximum Gasteiger partial charge on any atom is 0.240 e. The van der Waals surface area contributed by atoms with E-state index >= 15 is 0 Å². The zero-order chi connectivity index (χ0) is 15.8. The number of likely N-dealkylation sites (N-methyl/N-ethyl adjacent to an activating group) is 1. The monoisotopic (exact) mass is 305 g/mol. The summed E-state index contributed by atoms with van der Waals surface area (Å²) in [6.07, 6.45) is 0. The minimum Gasteiger partial charge on any atom is -0.492 e. The van der Waals surface area contributed by atoms with Crippen LogP contribution in [-0.4, -0.2) is 41.8 Å². The van der Waals surface area contributed by atoms with E-state index in [4.69, 9.17) is 14.0 Å². The molecule has 0 fully saturated rings. The van der Waals surface area contributed by atoms with Crippen molar-refractivity contribution in [2.24, 2.45) is 0 Å². The van der Waals surface area contributed by atoms with Gasteiger partial charge in [-0.1, -0.05) is 24.2 Å². The number of nitrogens with zero attached hydrogens (tertiary/aromatic N) is 3. The molecule has 1 aromatic heterocycles. The molecule has 0 N–H and O–H groups in total. The van der Waals surface area contributed by atoms with Crippen LogP contribution in [-0.2, 0) is 17.9 Å². The van der Waals surface area contributed by atoms with Gasteiger partial charge in [0, 0.05) is 13.7 Å². The number of ether oxygens (including phenoxy) is 2. The summed E-state index contributed by atoms with van der Waals surface area (Å²) in [6, 6.07) is 8.06. The predicted molar refractivity (Wildman–Crippen MR) is 82.6 cm³/mol. The van der Waals surface area contributed by atoms with Crippen molar-refractivity contribution in [1.82, 2.24) is 15.0 Å². The SMILES string of the molecule is CCN(CCOc1cccc(C)c1)Cc1nc(COC)no1. The van der Waals surface area contributed by atoms with Crippen molar-refractivity contribution in [2.45, 2.75) is 27.0 Å². The third-order valence-electron chi connectivity index (χ3n) is 3.26. The lowest BCUT2D eigenvalue weighted by atomic mass is 10.2. The number of benzene rings is 1. The molecule has 0 bridgehead atoms. The first-order valence-electron chi connectivity index (χ1n) is 7.43. The maximum absolute atomic E-state index is 5.77. The summed E-state index contributed by atoms with van der Waals surface area (Å²) in [6.45, 7) is 7.44. The Hall–Kier alpha value is -1.92. The van der Waals surface area contributed by atoms with Crippen molar-refractivity contribution in [1.29, 1.82) is 0 Å². The Kier molecular flexibility index (Phi) is 6.36. The topological polar surface area (TPSA) is 60.6 Å². The van der Waals surface area contributed by atoms with Gasteiger partial charge in [-0.05, 0) is 31.2 Å². The fourth-order valence-corrected chi connectivity index (χ4v) is 2.08. The lowest BCUT2D eigenvalue weighted by molar-refractivity contribution is 0.173. The van der Waals surface area contributed by atoms with E-state index < -0.39 is 0 Å². The molecule has 0 amide bonds. The minimum absolute atomic E-state index is 0.367. The number of rotatable bonds is 9. The smallest absolute Gasteiger partial charge is 0.240 e. The highest BCUT2D eigenvalue weighted by Crippen LogP contribution is 2.12. The second-order valence-electron chi connectivity index (χ2n) is 5.07. The van der Waals surface area contributed by atoms with Crippen LogP contribution in [0.5, 0.6) is 5.75 Å². The molecule has 0 saturated carbocycles. The van der Waals surface area contributed by atoms with Gasteiger partial charge in [-0.2, -0.15) is 4.98 Å². The Morgan fingerprint density at radius 3 is 2.91 bits per heavy atom. The van der Waals surface area contributed by atoms with Crippen molar-refractivity contribution in [2.75, 3.05) is 26.8 Å². The van der Waals surface area contributed by atoms with Crippen LogP contribution in [0.3, 0.4) is 0 Å². The van der Waals surface area contributed by atoms with E-state index in [2.05, 4.69) is 35.0 Å². The quantitative estimate of drug-likeness (QED) is 0.709. The first-order valence-corrected chi connectivity index (χ1v) is 7.43. The molecule has 2 rings (SSSR count). The Morgan fingerprint density at radius 1 is 1.32 bits per heavy atom. The summed E-state index contributed by atoms with van der Waals surface area (Å²) < 4.78 is 16.0. The number of methoxy groups -OCH3 is 1. The molecule has 6 nitrogen and oxygen atoms in total. The van der Waals surface area contributed by atoms with Crippen molar-refractivity contribution in [3.05, 3.63) is 41.5 Å². The number of aromatic nitrogens is 2. The molecule has 6 heteroatoms. The minimum atomic E-state index is 0.367. The normalized spacial score (nSPS) is 11.1. The second-order valence-corrected chi connectivity index (χ2v) is 5.07. The molecular weight excluding hydrogens is 282 g/mol. The average Bonchev–Trinajstić information content (AvgIpc) is 2.94. The van der Waals surface area contributed by atoms with Gasteiger partial charge in [-0.25, -0.2) is 0 Å². The molecule has 2 aromatic rings. The fourth-order valence-electron chi connectivity index (χ4n) is 2.08. The van der Waals surface area contributed by atoms with Gasteiger partial charge < -0.3 is 14.0 Å². The van der Waals surface area contributed by atoms with Crippen LogP contribution in [0.15, 0.2) is 28.8 Å². The molecule has 0 atom stereocenters. The molecule has 0 spiro atoms. The predicted octanol–water partition coefficient (Wildman–Crippen LogP) is 2.43. The Morgan fingerprint density at radius 2 is 2.18 bits per heavy atom. The van der Waals surface area contributed by atoms with E-state index in [0.717, 1.165) is 18.8 Å². The molecule has 0 aliphatic heterocycles. The highest BCUT2D eigenvalue weighted by atomic mass is 16.5. The van der Waals surface area contributed by atoms with Crippen LogP contribution < -0.4 is 4.74 Å². The van der Waals surface area contributed by atoms with Crippen molar-refractivity contribution < 1.29 is 14.0 Å². The van der Waals surface area contributed by atoms with Gasteiger partial charge in [0.1, 0.15) is 19.0 Å². The number of aryl methyl sites for hydroxylation is 1. The van der Waals surface area contributed by atoms with Gasteiger partial charge in [-0.15, -0.1) is 0 Å². The van der Waals surface area contributed by atoms with Crippen LogP contribution in [0.25, 0.3) is 0 Å². The molecule has 0 radical (unpaired) electrons. The highest BCUT2D eigenvalue weighted by Gasteiger charge is 2.11. The van der Waals surface area contributed by atoms with E-state index in [9.17, 15) is 0 Å². The van der Waals surface area contributed by atoms with E-state index in [0.29, 0.717) is 31.5 Å². The third kappa shape index (κ3) is 5.13. The molecule has 120 valence electrons. The summed E-state index contributed by atoms with van der Waals surface area (Å²) in [5, 5.41) is 3.86. The Labute approximate surface area is 131 Å². The Balaban J connectivity index is 1.79. The molecule has 1 heterocycles. The van der Waals surface area contributed by atoms with Crippen molar-refractivity contribution in [3.8, 4) is 5.75 Å². The average molecular weight is 305 g/mol. The van der Waals surface area contributed by atoms with Crippen LogP contribution in [0, 0.1) is 6.92 Å². The third-order valence-corrected chi connectivity index (χ3v) is 3.26. The van der Waals surface area contributed by atoms with Gasteiger partial charge in [0.15, 0.2) is 5.82 Å². The molecule has 0 aliphatic carbocycles. The summed E-state index contributed by atoms with van der Waals surface area (Å²) >= 11 is 0. The molecular formula is C16H23N3O3. The van der Waals surface area contributed by atoms with Gasteiger partial charge in [0.2, 0.25) is 5.89 Å². The van der Waals surface area contributed by atoms with Crippen molar-refractivity contribution in [3.63, 3.8) is 0 Å². The first-order chi connectivity index (χ1) is 10.7. The molecule has 0 saturated heterocycles. The Bertz CT molecular complexity index is 571. The van der Waals surface area contributed by atoms with Gasteiger partial charge >= 0.3 is 0 Å². The summed E-state index contributed by atoms with van der Waals surface area (Å²) in [4.78, 5) is 6.47. The van der Waals surface area contributed by atoms with Gasteiger partial charge in [-0.3, -0.25) is 4.90 Å². The largest absolute Gasteiger partial charge is 0.492 e. The van der Waals surface area contributed by atoms with Gasteiger partial charge in [0.25, 0.3) is 0 Å². The fraction of sp³-hybridized carbons (Fsp3) is 0.500. The van der Waals surface area contributed by atoms with Crippen LogP contribution in [0.1, 0.15) is 24.2 Å². The zero-order valence-electron chi connectivity index (χ0n) is 13.4. The first kappa shape index (κ1) is 16.5. The molecule has 1 aromatic carbocycles. The zero-order valence-corrected chi connectivity index (χ0v) is 13.4. The van der Waals surface area contributed by atoms with Crippen LogP contribution in [0.2, 0.25) is 0 Å². The van der Waals surface area contributed by atoms with Crippen LogP contribution >= 0.6 is 0 Å². The van der Waals surface area contributed by atoms with E-state index in [1.165, 1.54) is 5.56 Å². The number of hydrogen-bond acceptors (Lipinski definition) is 6. The maximum atomic E-state index is 5.77. The van der Waals surface area contributed by atoms with Crippen LogP contribution in [0.4, 0.5) is 0 Å². The standard InChI is InChI=1S/C16H23N3O3/c1-4-19(11-16-17-15(12-20-3)18-22-16)8-9-21-14-7-5-6-13(2)10-14/h5-7,10H,4,8-9,11-12H2,1-3H3. The van der Waals surface area contributed by atoms with E-state index in [-0.39, 0.29) is 0 Å². The van der Waals surface area contributed by atoms with E-state index in [1.54, 1.807) is 7.11 Å².